The smallest absolute Gasteiger partial charge is 0.251 e. The van der Waals surface area contributed by atoms with Gasteiger partial charge in [-0.05, 0) is 35.9 Å². The van der Waals surface area contributed by atoms with E-state index < -0.39 is 5.82 Å². The van der Waals surface area contributed by atoms with Crippen LogP contribution < -0.4 is 10.2 Å². The summed E-state index contributed by atoms with van der Waals surface area (Å²) in [5.41, 5.74) is 1.48. The average Bonchev–Trinajstić information content (AvgIpc) is 3.24. The van der Waals surface area contributed by atoms with Crippen LogP contribution >= 0.6 is 23.1 Å². The second-order valence-electron chi connectivity index (χ2n) is 7.39. The first kappa shape index (κ1) is 21.7. The third-order valence-corrected chi connectivity index (χ3v) is 6.24. The third kappa shape index (κ3) is 6.00. The third-order valence-electron chi connectivity index (χ3n) is 5.18. The van der Waals surface area contributed by atoms with Crippen LogP contribution in [0.15, 0.2) is 48.5 Å². The van der Waals surface area contributed by atoms with Crippen molar-refractivity contribution in [3.8, 4) is 0 Å². The van der Waals surface area contributed by atoms with Gasteiger partial charge in [-0.2, -0.15) is 4.37 Å². The minimum atomic E-state index is -0.406. The Morgan fingerprint density at radius 2 is 1.90 bits per heavy atom. The van der Waals surface area contributed by atoms with E-state index in [9.17, 15) is 9.18 Å². The molecule has 0 aliphatic carbocycles. The van der Waals surface area contributed by atoms with Gasteiger partial charge in [-0.25, -0.2) is 9.37 Å². The van der Waals surface area contributed by atoms with Gasteiger partial charge in [0, 0.05) is 67.8 Å². The number of anilines is 1. The zero-order chi connectivity index (χ0) is 21.6. The quantitative estimate of drug-likeness (QED) is 0.586. The Bertz CT molecular complexity index is 1020. The van der Waals surface area contributed by atoms with Gasteiger partial charge in [0.15, 0.2) is 0 Å². The topological polar surface area (TPSA) is 61.4 Å². The molecule has 2 heterocycles. The second kappa shape index (κ2) is 10.2. The van der Waals surface area contributed by atoms with Crippen molar-refractivity contribution in [2.75, 3.05) is 44.2 Å². The van der Waals surface area contributed by atoms with Gasteiger partial charge in [-0.15, -0.1) is 0 Å². The van der Waals surface area contributed by atoms with Crippen molar-refractivity contribution < 1.29 is 9.18 Å². The Labute approximate surface area is 189 Å². The lowest BCUT2D eigenvalue weighted by Gasteiger charge is -2.34. The van der Waals surface area contributed by atoms with Gasteiger partial charge in [0.05, 0.1) is 0 Å². The normalized spacial score (nSPS) is 14.6. The van der Waals surface area contributed by atoms with E-state index in [0.717, 1.165) is 54.3 Å². The Morgan fingerprint density at radius 1 is 1.13 bits per heavy atom. The Kier molecular flexibility index (Phi) is 7.11. The summed E-state index contributed by atoms with van der Waals surface area (Å²) in [7, 11) is 0. The number of carbonyl (C=O) groups excluding carboxylic acids is 1. The number of amides is 1. The van der Waals surface area contributed by atoms with Crippen LogP contribution in [0.2, 0.25) is 5.02 Å². The maximum Gasteiger partial charge on any atom is 0.251 e. The number of nitrogens with zero attached hydrogens (tertiary/aromatic N) is 4. The number of nitrogens with one attached hydrogen (secondary N) is 1. The van der Waals surface area contributed by atoms with Gasteiger partial charge in [-0.3, -0.25) is 9.69 Å². The molecule has 1 aromatic heterocycles. The summed E-state index contributed by atoms with van der Waals surface area (Å²) in [5, 5.41) is 4.53. The van der Waals surface area contributed by atoms with Crippen molar-refractivity contribution in [1.29, 1.82) is 0 Å². The van der Waals surface area contributed by atoms with Crippen LogP contribution in [0.5, 0.6) is 0 Å². The van der Waals surface area contributed by atoms with Crippen LogP contribution in [0.4, 0.5) is 9.52 Å². The Morgan fingerprint density at radius 3 is 2.65 bits per heavy atom. The molecular formula is C22H23ClFN5OS. The highest BCUT2D eigenvalue weighted by Gasteiger charge is 2.20. The minimum Gasteiger partial charge on any atom is -0.351 e. The average molecular weight is 460 g/mol. The number of aromatic nitrogens is 2. The van der Waals surface area contributed by atoms with Crippen molar-refractivity contribution in [3.05, 3.63) is 76.3 Å². The molecule has 1 amide bonds. The molecule has 1 N–H and O–H groups in total. The number of hydrogen-bond acceptors (Lipinski definition) is 6. The molecule has 9 heteroatoms. The molecule has 1 fully saturated rings. The maximum absolute atomic E-state index is 13.2. The summed E-state index contributed by atoms with van der Waals surface area (Å²) >= 11 is 7.37. The van der Waals surface area contributed by atoms with Crippen LogP contribution in [-0.2, 0) is 6.42 Å². The van der Waals surface area contributed by atoms with E-state index in [2.05, 4.69) is 19.5 Å². The predicted octanol–water partition coefficient (Wildman–Crippen LogP) is 3.47. The molecule has 31 heavy (non-hydrogen) atoms. The molecule has 0 saturated carbocycles. The molecule has 1 aliphatic rings. The number of carbonyl (C=O) groups is 1. The largest absolute Gasteiger partial charge is 0.351 e. The molecular weight excluding hydrogens is 437 g/mol. The van der Waals surface area contributed by atoms with E-state index >= 15 is 0 Å². The van der Waals surface area contributed by atoms with Crippen LogP contribution in [0.25, 0.3) is 0 Å². The maximum atomic E-state index is 13.2. The van der Waals surface area contributed by atoms with Gasteiger partial charge in [-0.1, -0.05) is 29.8 Å². The van der Waals surface area contributed by atoms with Gasteiger partial charge in [0.1, 0.15) is 11.6 Å². The van der Waals surface area contributed by atoms with Crippen molar-refractivity contribution in [3.63, 3.8) is 0 Å². The van der Waals surface area contributed by atoms with Gasteiger partial charge in [0.25, 0.3) is 5.91 Å². The summed E-state index contributed by atoms with van der Waals surface area (Å²) in [4.78, 5) is 21.4. The molecule has 0 spiro atoms. The first-order valence-corrected chi connectivity index (χ1v) is 11.3. The number of rotatable bonds is 7. The van der Waals surface area contributed by atoms with Crippen LogP contribution in [0.1, 0.15) is 21.7 Å². The van der Waals surface area contributed by atoms with Crippen LogP contribution in [-0.4, -0.2) is 59.4 Å². The fraction of sp³-hybridized carbons (Fsp3) is 0.318. The molecule has 4 rings (SSSR count). The molecule has 0 bridgehead atoms. The summed E-state index contributed by atoms with van der Waals surface area (Å²) in [6, 6.07) is 13.5. The lowest BCUT2D eigenvalue weighted by molar-refractivity contribution is 0.0947. The van der Waals surface area contributed by atoms with E-state index in [0.29, 0.717) is 18.5 Å². The van der Waals surface area contributed by atoms with E-state index in [1.807, 2.05) is 24.3 Å². The summed E-state index contributed by atoms with van der Waals surface area (Å²) in [6.45, 7) is 4.80. The fourth-order valence-electron chi connectivity index (χ4n) is 3.45. The minimum absolute atomic E-state index is 0.250. The Balaban J connectivity index is 1.20. The predicted molar refractivity (Wildman–Crippen MR) is 122 cm³/mol. The van der Waals surface area contributed by atoms with Crippen LogP contribution in [0, 0.1) is 5.82 Å². The SMILES string of the molecule is O=C(NCCN1CCN(c2nc(Cc3ccc(Cl)cc3)ns2)CC1)c1cccc(F)c1. The van der Waals surface area contributed by atoms with Crippen LogP contribution in [0.3, 0.4) is 0 Å². The van der Waals surface area contributed by atoms with Crippen molar-refractivity contribution in [2.45, 2.75) is 6.42 Å². The monoisotopic (exact) mass is 459 g/mol. The Hall–Kier alpha value is -2.55. The molecule has 0 atom stereocenters. The number of halogens is 2. The van der Waals surface area contributed by atoms with Crippen molar-refractivity contribution >= 4 is 34.2 Å². The van der Waals surface area contributed by atoms with Crippen molar-refractivity contribution in [1.82, 2.24) is 19.6 Å². The molecule has 162 valence electrons. The fourth-order valence-corrected chi connectivity index (χ4v) is 4.31. The van der Waals surface area contributed by atoms with Gasteiger partial charge >= 0.3 is 0 Å². The lowest BCUT2D eigenvalue weighted by Crippen LogP contribution is -2.48. The molecule has 1 aliphatic heterocycles. The van der Waals surface area contributed by atoms with E-state index in [-0.39, 0.29) is 5.91 Å². The zero-order valence-corrected chi connectivity index (χ0v) is 18.5. The molecule has 2 aromatic carbocycles. The highest BCUT2D eigenvalue weighted by atomic mass is 35.5. The molecule has 6 nitrogen and oxygen atoms in total. The van der Waals surface area contributed by atoms with E-state index in [1.165, 1.54) is 29.7 Å². The van der Waals surface area contributed by atoms with E-state index in [4.69, 9.17) is 16.6 Å². The number of benzene rings is 2. The highest BCUT2D eigenvalue weighted by molar-refractivity contribution is 7.09. The van der Waals surface area contributed by atoms with Gasteiger partial charge in [0.2, 0.25) is 5.13 Å². The zero-order valence-electron chi connectivity index (χ0n) is 16.9. The second-order valence-corrected chi connectivity index (χ2v) is 8.56. The molecule has 3 aromatic rings. The standard InChI is InChI=1S/C22H23ClFN5OS/c23-18-6-4-16(5-7-18)14-20-26-22(31-27-20)29-12-10-28(11-13-29)9-8-25-21(30)17-2-1-3-19(24)15-17/h1-7,15H,8-14H2,(H,25,30). The lowest BCUT2D eigenvalue weighted by atomic mass is 10.1. The first-order valence-electron chi connectivity index (χ1n) is 10.1. The highest BCUT2D eigenvalue weighted by Crippen LogP contribution is 2.21. The molecule has 1 saturated heterocycles. The first-order chi connectivity index (χ1) is 15.1. The molecule has 0 unspecified atom stereocenters. The molecule has 0 radical (unpaired) electrons. The number of piperazine rings is 1. The van der Waals surface area contributed by atoms with Gasteiger partial charge < -0.3 is 10.2 Å². The van der Waals surface area contributed by atoms with Crippen molar-refractivity contribution in [2.24, 2.45) is 0 Å². The summed E-state index contributed by atoms with van der Waals surface area (Å²) in [6.07, 6.45) is 0.693. The summed E-state index contributed by atoms with van der Waals surface area (Å²) in [5.74, 6) is 0.168. The summed E-state index contributed by atoms with van der Waals surface area (Å²) < 4.78 is 17.7. The number of hydrogen-bond donors (Lipinski definition) is 1. The van der Waals surface area contributed by atoms with E-state index in [1.54, 1.807) is 6.07 Å².